The van der Waals surface area contributed by atoms with E-state index in [2.05, 4.69) is 27.0 Å². The molecule has 0 atom stereocenters. The molecule has 10 nitrogen and oxygen atoms in total. The molecule has 3 aromatic carbocycles. The molecule has 4 heterocycles. The molecule has 1 aliphatic rings. The highest BCUT2D eigenvalue weighted by Gasteiger charge is 2.24. The minimum absolute atomic E-state index is 0.162. The Kier molecular flexibility index (Phi) is 8.28. The number of primary amides is 1. The number of carbonyl (C=O) groups excluding carboxylic acids is 1. The number of nitrogens with two attached hydrogens (primary N) is 1. The van der Waals surface area contributed by atoms with Crippen molar-refractivity contribution in [2.45, 2.75) is 18.4 Å². The van der Waals surface area contributed by atoms with Crippen LogP contribution in [-0.4, -0.2) is 70.7 Å². The van der Waals surface area contributed by atoms with Crippen molar-refractivity contribution >= 4 is 32.7 Å². The zero-order chi connectivity index (χ0) is 33.4. The number of nitrogens with zero attached hydrogens (tertiary/aromatic N) is 6. The molecule has 244 valence electrons. The van der Waals surface area contributed by atoms with Gasteiger partial charge in [0.05, 0.1) is 24.2 Å². The third kappa shape index (κ3) is 6.32. The second kappa shape index (κ2) is 12.7. The molecule has 0 bridgehead atoms. The lowest BCUT2D eigenvalue weighted by Crippen LogP contribution is -2.48. The molecular formula is C36H34FN7O3S. The van der Waals surface area contributed by atoms with Crippen LogP contribution in [0.1, 0.15) is 11.1 Å². The zero-order valence-corrected chi connectivity index (χ0v) is 27.1. The van der Waals surface area contributed by atoms with Crippen LogP contribution in [0.15, 0.2) is 109 Å². The van der Waals surface area contributed by atoms with E-state index in [1.807, 2.05) is 37.4 Å². The molecule has 7 rings (SSSR count). The van der Waals surface area contributed by atoms with Crippen molar-refractivity contribution < 1.29 is 17.6 Å². The summed E-state index contributed by atoms with van der Waals surface area (Å²) >= 11 is 0. The Labute approximate surface area is 277 Å². The van der Waals surface area contributed by atoms with Gasteiger partial charge >= 0.3 is 0 Å². The van der Waals surface area contributed by atoms with Crippen molar-refractivity contribution in [3.8, 4) is 22.3 Å². The Morgan fingerprint density at radius 2 is 1.62 bits per heavy atom. The number of hydrogen-bond acceptors (Lipinski definition) is 7. The number of aryl methyl sites for hydroxylation is 1. The molecule has 1 amide bonds. The van der Waals surface area contributed by atoms with Gasteiger partial charge in [0.1, 0.15) is 5.82 Å². The van der Waals surface area contributed by atoms with Crippen LogP contribution in [0.5, 0.6) is 0 Å². The van der Waals surface area contributed by atoms with E-state index in [1.165, 1.54) is 16.1 Å². The molecule has 0 radical (unpaired) electrons. The summed E-state index contributed by atoms with van der Waals surface area (Å²) in [5, 5.41) is 5.16. The van der Waals surface area contributed by atoms with Gasteiger partial charge in [-0.15, -0.1) is 0 Å². The van der Waals surface area contributed by atoms with Crippen molar-refractivity contribution in [3.63, 3.8) is 0 Å². The first-order valence-corrected chi connectivity index (χ1v) is 17.0. The van der Waals surface area contributed by atoms with E-state index < -0.39 is 10.0 Å². The standard InChI is InChI=1S/C36H34FN7O3S/c1-25-5-11-32(12-6-25)48(46,47)44-23-34(29-20-40-43(22-29)21-26-3-2-4-30(37)17-26)33-18-28(19-39-36(33)44)27-7-9-31(10-8-27)42-15-13-41(14-16-42)24-35(38)45/h2-12,17-20,22-23H,13-16,21,24H2,1H3,(H2,38,45). The predicted molar refractivity (Wildman–Crippen MR) is 184 cm³/mol. The number of carbonyl (C=O) groups is 1. The number of hydrogen-bond donors (Lipinski definition) is 1. The molecule has 0 spiro atoms. The van der Waals surface area contributed by atoms with E-state index >= 15 is 0 Å². The SMILES string of the molecule is Cc1ccc(S(=O)(=O)n2cc(-c3cnn(Cc4cccc(F)c4)c3)c3cc(-c4ccc(N5CCN(CC(N)=O)CC5)cc4)cnc32)cc1. The highest BCUT2D eigenvalue weighted by atomic mass is 32.2. The Hall–Kier alpha value is -5.33. The van der Waals surface area contributed by atoms with Crippen LogP contribution in [0.25, 0.3) is 33.3 Å². The maximum absolute atomic E-state index is 13.9. The second-order valence-electron chi connectivity index (χ2n) is 12.1. The van der Waals surface area contributed by atoms with Gasteiger partial charge in [-0.3, -0.25) is 14.4 Å². The molecule has 0 saturated carbocycles. The van der Waals surface area contributed by atoms with Crippen molar-refractivity contribution in [1.82, 2.24) is 23.6 Å². The average Bonchev–Trinajstić information content (AvgIpc) is 3.70. The van der Waals surface area contributed by atoms with E-state index in [-0.39, 0.29) is 23.2 Å². The lowest BCUT2D eigenvalue weighted by atomic mass is 10.0. The summed E-state index contributed by atoms with van der Waals surface area (Å²) in [5.74, 6) is -0.638. The molecule has 2 N–H and O–H groups in total. The fourth-order valence-corrected chi connectivity index (χ4v) is 7.46. The molecular weight excluding hydrogens is 630 g/mol. The first-order chi connectivity index (χ1) is 23.1. The number of benzene rings is 3. The fraction of sp³-hybridized carbons (Fsp3) is 0.194. The summed E-state index contributed by atoms with van der Waals surface area (Å²) in [4.78, 5) is 20.5. The van der Waals surface area contributed by atoms with E-state index in [0.717, 1.165) is 54.1 Å². The van der Waals surface area contributed by atoms with Crippen molar-refractivity contribution in [3.05, 3.63) is 121 Å². The van der Waals surface area contributed by atoms with E-state index in [0.29, 0.717) is 28.7 Å². The summed E-state index contributed by atoms with van der Waals surface area (Å²) in [5.41, 5.74) is 11.6. The van der Waals surface area contributed by atoms with Crippen LogP contribution >= 0.6 is 0 Å². The largest absolute Gasteiger partial charge is 0.369 e. The van der Waals surface area contributed by atoms with Crippen molar-refractivity contribution in [1.29, 1.82) is 0 Å². The Morgan fingerprint density at radius 1 is 0.875 bits per heavy atom. The van der Waals surface area contributed by atoms with Crippen LogP contribution in [0.3, 0.4) is 0 Å². The van der Waals surface area contributed by atoms with Gasteiger partial charge in [-0.05, 0) is 60.5 Å². The van der Waals surface area contributed by atoms with Gasteiger partial charge in [-0.25, -0.2) is 21.8 Å². The lowest BCUT2D eigenvalue weighted by Gasteiger charge is -2.35. The molecule has 0 unspecified atom stereocenters. The third-order valence-corrected chi connectivity index (χ3v) is 10.3. The lowest BCUT2D eigenvalue weighted by molar-refractivity contribution is -0.119. The second-order valence-corrected chi connectivity index (χ2v) is 13.9. The van der Waals surface area contributed by atoms with Gasteiger partial charge in [0, 0.05) is 72.5 Å². The number of anilines is 1. The Balaban J connectivity index is 1.24. The number of pyridine rings is 1. The molecule has 1 aliphatic heterocycles. The fourth-order valence-electron chi connectivity index (χ4n) is 6.14. The number of amides is 1. The zero-order valence-electron chi connectivity index (χ0n) is 26.3. The Bertz CT molecular complexity index is 2220. The first-order valence-electron chi connectivity index (χ1n) is 15.6. The van der Waals surface area contributed by atoms with Gasteiger partial charge in [-0.1, -0.05) is 42.0 Å². The number of fused-ring (bicyclic) bond motifs is 1. The quantitative estimate of drug-likeness (QED) is 0.234. The number of rotatable bonds is 9. The molecule has 1 fully saturated rings. The average molecular weight is 664 g/mol. The van der Waals surface area contributed by atoms with E-state index in [1.54, 1.807) is 53.6 Å². The highest BCUT2D eigenvalue weighted by Crippen LogP contribution is 2.35. The molecule has 1 saturated heterocycles. The van der Waals surface area contributed by atoms with Crippen LogP contribution in [0.2, 0.25) is 0 Å². The van der Waals surface area contributed by atoms with Crippen LogP contribution in [-0.2, 0) is 21.4 Å². The van der Waals surface area contributed by atoms with Crippen LogP contribution < -0.4 is 10.6 Å². The monoisotopic (exact) mass is 663 g/mol. The van der Waals surface area contributed by atoms with Gasteiger partial charge in [0.15, 0.2) is 5.65 Å². The van der Waals surface area contributed by atoms with Crippen LogP contribution in [0.4, 0.5) is 10.1 Å². The molecule has 0 aliphatic carbocycles. The Morgan fingerprint density at radius 3 is 2.33 bits per heavy atom. The van der Waals surface area contributed by atoms with Gasteiger partial charge in [-0.2, -0.15) is 5.10 Å². The highest BCUT2D eigenvalue weighted by molar-refractivity contribution is 7.90. The van der Waals surface area contributed by atoms with Crippen molar-refractivity contribution in [2.75, 3.05) is 37.6 Å². The van der Waals surface area contributed by atoms with Crippen molar-refractivity contribution in [2.24, 2.45) is 5.73 Å². The number of halogens is 1. The molecule has 48 heavy (non-hydrogen) atoms. The van der Waals surface area contributed by atoms with E-state index in [9.17, 15) is 17.6 Å². The minimum atomic E-state index is -3.97. The van der Waals surface area contributed by atoms with Crippen LogP contribution in [0, 0.1) is 12.7 Å². The topological polar surface area (TPSA) is 119 Å². The number of piperazine rings is 1. The normalized spacial score (nSPS) is 14.1. The smallest absolute Gasteiger partial charge is 0.269 e. The summed E-state index contributed by atoms with van der Waals surface area (Å²) in [6.45, 7) is 5.63. The summed E-state index contributed by atoms with van der Waals surface area (Å²) < 4.78 is 44.6. The molecule has 6 aromatic rings. The molecule has 3 aromatic heterocycles. The molecule has 12 heteroatoms. The maximum atomic E-state index is 13.9. The van der Waals surface area contributed by atoms with E-state index in [4.69, 9.17) is 10.7 Å². The summed E-state index contributed by atoms with van der Waals surface area (Å²) in [6, 6.07) is 23.2. The van der Waals surface area contributed by atoms with Gasteiger partial charge < -0.3 is 10.6 Å². The first kappa shape index (κ1) is 31.3. The third-order valence-electron chi connectivity index (χ3n) is 8.69. The summed E-state index contributed by atoms with van der Waals surface area (Å²) in [7, 11) is -3.97. The summed E-state index contributed by atoms with van der Waals surface area (Å²) in [6.07, 6.45) is 6.80. The predicted octanol–water partition coefficient (Wildman–Crippen LogP) is 4.91. The van der Waals surface area contributed by atoms with Gasteiger partial charge in [0.25, 0.3) is 10.0 Å². The van der Waals surface area contributed by atoms with Gasteiger partial charge in [0.2, 0.25) is 5.91 Å². The minimum Gasteiger partial charge on any atom is -0.369 e. The maximum Gasteiger partial charge on any atom is 0.269 e. The number of aromatic nitrogens is 4.